The van der Waals surface area contributed by atoms with E-state index < -0.39 is 11.9 Å². The van der Waals surface area contributed by atoms with E-state index in [1.54, 1.807) is 36.4 Å². The number of hydrogen-bond donors (Lipinski definition) is 1. The van der Waals surface area contributed by atoms with Crippen LogP contribution in [0.1, 0.15) is 16.7 Å². The van der Waals surface area contributed by atoms with Crippen molar-refractivity contribution in [1.29, 1.82) is 5.26 Å². The molecule has 2 aromatic rings. The lowest BCUT2D eigenvalue weighted by atomic mass is 9.95. The molecule has 0 saturated carbocycles. The number of halogens is 2. The Hall–Kier alpha value is -2.88. The summed E-state index contributed by atoms with van der Waals surface area (Å²) in [5.41, 5.74) is 2.25. The van der Waals surface area contributed by atoms with Crippen molar-refractivity contribution in [1.82, 2.24) is 15.2 Å². The van der Waals surface area contributed by atoms with Gasteiger partial charge in [-0.15, -0.1) is 0 Å². The lowest BCUT2D eigenvalue weighted by molar-refractivity contribution is -0.115. The number of imide groups is 1. The number of benzene rings is 1. The molecule has 2 heterocycles. The topological polar surface area (TPSA) is 86.1 Å². The summed E-state index contributed by atoms with van der Waals surface area (Å²) < 4.78 is 0. The number of pyridine rings is 1. The number of carbonyl (C=O) groups is 2. The maximum absolute atomic E-state index is 12.3. The predicted molar refractivity (Wildman–Crippen MR) is 92.7 cm³/mol. The SMILES string of the molecule is CN1C(=O)NC(=O)/C1=C(/c1ccc(C#N)cc1)c1cc(Cl)nc(Cl)c1. The van der Waals surface area contributed by atoms with Crippen molar-refractivity contribution < 1.29 is 9.59 Å². The number of rotatable bonds is 2. The van der Waals surface area contributed by atoms with Gasteiger partial charge in [-0.25, -0.2) is 9.78 Å². The first kappa shape index (κ1) is 17.0. The molecule has 1 aromatic heterocycles. The van der Waals surface area contributed by atoms with Crippen LogP contribution in [0.15, 0.2) is 42.1 Å². The normalized spacial score (nSPS) is 15.8. The molecule has 0 aliphatic carbocycles. The van der Waals surface area contributed by atoms with E-state index >= 15 is 0 Å². The molecule has 1 aliphatic heterocycles. The van der Waals surface area contributed by atoms with Crippen LogP contribution in [0.25, 0.3) is 5.57 Å². The number of aromatic nitrogens is 1. The zero-order chi connectivity index (χ0) is 18.1. The second-order valence-electron chi connectivity index (χ2n) is 5.23. The third-order valence-electron chi connectivity index (χ3n) is 3.67. The highest BCUT2D eigenvalue weighted by Crippen LogP contribution is 2.32. The van der Waals surface area contributed by atoms with Gasteiger partial charge in [0.1, 0.15) is 16.0 Å². The van der Waals surface area contributed by atoms with Gasteiger partial charge in [0, 0.05) is 12.6 Å². The second kappa shape index (κ2) is 6.55. The molecule has 3 amide bonds. The molecule has 1 N–H and O–H groups in total. The van der Waals surface area contributed by atoms with E-state index in [0.717, 1.165) is 0 Å². The first-order valence-electron chi connectivity index (χ1n) is 7.08. The van der Waals surface area contributed by atoms with Gasteiger partial charge in [-0.2, -0.15) is 5.26 Å². The maximum Gasteiger partial charge on any atom is 0.328 e. The number of nitrogens with zero attached hydrogens (tertiary/aromatic N) is 3. The fourth-order valence-electron chi connectivity index (χ4n) is 2.54. The van der Waals surface area contributed by atoms with Crippen molar-refractivity contribution in [3.8, 4) is 6.07 Å². The summed E-state index contributed by atoms with van der Waals surface area (Å²) in [5.74, 6) is -0.532. The number of amides is 3. The Morgan fingerprint density at radius 3 is 2.20 bits per heavy atom. The highest BCUT2D eigenvalue weighted by atomic mass is 35.5. The largest absolute Gasteiger partial charge is 0.328 e. The highest BCUT2D eigenvalue weighted by molar-refractivity contribution is 6.32. The summed E-state index contributed by atoms with van der Waals surface area (Å²) in [6, 6.07) is 11.2. The van der Waals surface area contributed by atoms with Crippen LogP contribution >= 0.6 is 23.2 Å². The summed E-state index contributed by atoms with van der Waals surface area (Å²) >= 11 is 12.0. The molecular weight excluding hydrogens is 363 g/mol. The molecular formula is C17H10Cl2N4O2. The summed E-state index contributed by atoms with van der Waals surface area (Å²) in [5, 5.41) is 11.5. The fraction of sp³-hybridized carbons (Fsp3) is 0.0588. The molecule has 1 aromatic carbocycles. The van der Waals surface area contributed by atoms with Gasteiger partial charge in [0.15, 0.2) is 0 Å². The zero-order valence-electron chi connectivity index (χ0n) is 12.9. The average molecular weight is 373 g/mol. The summed E-state index contributed by atoms with van der Waals surface area (Å²) in [6.45, 7) is 0. The molecule has 1 saturated heterocycles. The summed E-state index contributed by atoms with van der Waals surface area (Å²) in [7, 11) is 1.49. The van der Waals surface area contributed by atoms with Gasteiger partial charge in [0.05, 0.1) is 11.6 Å². The zero-order valence-corrected chi connectivity index (χ0v) is 14.4. The Morgan fingerprint density at radius 2 is 1.72 bits per heavy atom. The number of urea groups is 1. The van der Waals surface area contributed by atoms with E-state index in [2.05, 4.69) is 10.3 Å². The van der Waals surface area contributed by atoms with Crippen molar-refractivity contribution in [2.24, 2.45) is 0 Å². The number of nitrogens with one attached hydrogen (secondary N) is 1. The van der Waals surface area contributed by atoms with Gasteiger partial charge in [-0.1, -0.05) is 35.3 Å². The van der Waals surface area contributed by atoms with Gasteiger partial charge < -0.3 is 0 Å². The van der Waals surface area contributed by atoms with E-state index in [9.17, 15) is 9.59 Å². The van der Waals surface area contributed by atoms with Crippen molar-refractivity contribution >= 4 is 40.7 Å². The minimum Gasteiger partial charge on any atom is -0.292 e. The van der Waals surface area contributed by atoms with E-state index in [1.807, 2.05) is 6.07 Å². The van der Waals surface area contributed by atoms with Gasteiger partial charge in [0.25, 0.3) is 5.91 Å². The molecule has 0 spiro atoms. The Labute approximate surface area is 153 Å². The minimum atomic E-state index is -0.532. The van der Waals surface area contributed by atoms with Crippen LogP contribution < -0.4 is 5.32 Å². The molecule has 8 heteroatoms. The monoisotopic (exact) mass is 372 g/mol. The fourth-order valence-corrected chi connectivity index (χ4v) is 3.00. The van der Waals surface area contributed by atoms with Crippen LogP contribution in [0.2, 0.25) is 10.3 Å². The van der Waals surface area contributed by atoms with Gasteiger partial charge in [-0.3, -0.25) is 15.0 Å². The molecule has 0 unspecified atom stereocenters. The number of carbonyl (C=O) groups excluding carboxylic acids is 2. The van der Waals surface area contributed by atoms with Crippen LogP contribution in [0.5, 0.6) is 0 Å². The third-order valence-corrected chi connectivity index (χ3v) is 4.05. The summed E-state index contributed by atoms with van der Waals surface area (Å²) in [4.78, 5) is 29.3. The average Bonchev–Trinajstić information content (AvgIpc) is 2.81. The van der Waals surface area contributed by atoms with E-state index in [4.69, 9.17) is 28.5 Å². The molecule has 0 radical (unpaired) electrons. The first-order chi connectivity index (χ1) is 11.9. The highest BCUT2D eigenvalue weighted by Gasteiger charge is 2.33. The van der Waals surface area contributed by atoms with E-state index in [0.29, 0.717) is 22.3 Å². The minimum absolute atomic E-state index is 0.154. The van der Waals surface area contributed by atoms with Gasteiger partial charge in [-0.05, 0) is 35.4 Å². The second-order valence-corrected chi connectivity index (χ2v) is 6.01. The van der Waals surface area contributed by atoms with Crippen molar-refractivity contribution in [3.05, 3.63) is 69.1 Å². The van der Waals surface area contributed by atoms with E-state index in [1.165, 1.54) is 11.9 Å². The van der Waals surface area contributed by atoms with Gasteiger partial charge >= 0.3 is 6.03 Å². The Kier molecular flexibility index (Phi) is 4.45. The molecule has 3 rings (SSSR count). The molecule has 1 aliphatic rings. The lowest BCUT2D eigenvalue weighted by Gasteiger charge is -2.16. The molecule has 6 nitrogen and oxygen atoms in total. The first-order valence-corrected chi connectivity index (χ1v) is 7.83. The van der Waals surface area contributed by atoms with Crippen LogP contribution in [0, 0.1) is 11.3 Å². The Balaban J connectivity index is 2.30. The summed E-state index contributed by atoms with van der Waals surface area (Å²) in [6.07, 6.45) is 0. The van der Waals surface area contributed by atoms with Crippen molar-refractivity contribution in [3.63, 3.8) is 0 Å². The van der Waals surface area contributed by atoms with Crippen LogP contribution in [0.4, 0.5) is 4.79 Å². The van der Waals surface area contributed by atoms with Crippen LogP contribution in [-0.2, 0) is 4.79 Å². The molecule has 124 valence electrons. The smallest absolute Gasteiger partial charge is 0.292 e. The molecule has 25 heavy (non-hydrogen) atoms. The number of hydrogen-bond acceptors (Lipinski definition) is 4. The Bertz CT molecular complexity index is 941. The van der Waals surface area contributed by atoms with Crippen molar-refractivity contribution in [2.45, 2.75) is 0 Å². The van der Waals surface area contributed by atoms with Crippen LogP contribution in [0.3, 0.4) is 0 Å². The van der Waals surface area contributed by atoms with Gasteiger partial charge in [0.2, 0.25) is 0 Å². The predicted octanol–water partition coefficient (Wildman–Crippen LogP) is 3.20. The van der Waals surface area contributed by atoms with Crippen LogP contribution in [-0.4, -0.2) is 28.9 Å². The molecule has 1 fully saturated rings. The number of nitriles is 1. The Morgan fingerprint density at radius 1 is 1.12 bits per heavy atom. The quantitative estimate of drug-likeness (QED) is 0.498. The standard InChI is InChI=1S/C17H10Cl2N4O2/c1-23-15(16(24)22-17(23)25)14(10-4-2-9(8-20)3-5-10)11-6-12(18)21-13(19)7-11/h2-7H,1H3,(H,22,24,25)/b15-14+. The molecule has 0 bridgehead atoms. The number of likely N-dealkylation sites (N-methyl/N-ethyl adjacent to an activating group) is 1. The lowest BCUT2D eigenvalue weighted by Crippen LogP contribution is -2.24. The maximum atomic E-state index is 12.3. The molecule has 0 atom stereocenters. The van der Waals surface area contributed by atoms with E-state index in [-0.39, 0.29) is 16.0 Å². The third kappa shape index (κ3) is 3.20. The van der Waals surface area contributed by atoms with Crippen molar-refractivity contribution in [2.75, 3.05) is 7.05 Å².